The first-order valence-corrected chi connectivity index (χ1v) is 7.84. The van der Waals surface area contributed by atoms with Crippen LogP contribution in [-0.2, 0) is 16.6 Å². The molecule has 0 aliphatic carbocycles. The lowest BCUT2D eigenvalue weighted by molar-refractivity contribution is 0.556. The lowest BCUT2D eigenvalue weighted by Gasteiger charge is -2.15. The van der Waals surface area contributed by atoms with Crippen molar-refractivity contribution in [2.45, 2.75) is 31.3 Å². The van der Waals surface area contributed by atoms with Gasteiger partial charge in [-0.25, -0.2) is 22.5 Å². The summed E-state index contributed by atoms with van der Waals surface area (Å²) in [7, 11) is -3.88. The van der Waals surface area contributed by atoms with E-state index < -0.39 is 21.9 Å². The number of nitrogens with one attached hydrogen (secondary N) is 2. The Morgan fingerprint density at radius 3 is 2.76 bits per heavy atom. The van der Waals surface area contributed by atoms with Crippen LogP contribution in [0.1, 0.15) is 29.9 Å². The summed E-state index contributed by atoms with van der Waals surface area (Å²) >= 11 is 0. The lowest BCUT2D eigenvalue weighted by Crippen LogP contribution is -2.28. The summed E-state index contributed by atoms with van der Waals surface area (Å²) in [5, 5.41) is 0. The highest BCUT2D eigenvalue weighted by Crippen LogP contribution is 2.22. The van der Waals surface area contributed by atoms with E-state index in [0.29, 0.717) is 11.4 Å². The maximum absolute atomic E-state index is 13.8. The highest BCUT2D eigenvalue weighted by molar-refractivity contribution is 7.89. The van der Waals surface area contributed by atoms with Crippen LogP contribution in [0, 0.1) is 12.7 Å². The number of benzene rings is 1. The molecule has 2 rings (SSSR count). The Kier molecular flexibility index (Phi) is 4.40. The second-order valence-electron chi connectivity index (χ2n) is 4.72. The maximum Gasteiger partial charge on any atom is 0.241 e. The van der Waals surface area contributed by atoms with Crippen LogP contribution in [0.25, 0.3) is 0 Å². The van der Waals surface area contributed by atoms with Crippen LogP contribution < -0.4 is 10.5 Å². The van der Waals surface area contributed by atoms with Crippen LogP contribution in [-0.4, -0.2) is 18.4 Å². The Hall–Kier alpha value is -1.77. The van der Waals surface area contributed by atoms with E-state index in [-0.39, 0.29) is 17.0 Å². The van der Waals surface area contributed by atoms with Crippen molar-refractivity contribution in [1.82, 2.24) is 14.7 Å². The molecule has 0 saturated carbocycles. The Morgan fingerprint density at radius 1 is 1.48 bits per heavy atom. The topological polar surface area (TPSA) is 101 Å². The normalized spacial score (nSPS) is 13.3. The van der Waals surface area contributed by atoms with Gasteiger partial charge in [0.1, 0.15) is 11.6 Å². The Labute approximate surface area is 122 Å². The monoisotopic (exact) mass is 312 g/mol. The molecule has 0 radical (unpaired) electrons. The largest absolute Gasteiger partial charge is 0.347 e. The number of sulfonamides is 1. The molecule has 0 saturated heterocycles. The zero-order chi connectivity index (χ0) is 15.6. The molecular formula is C13H17FN4O2S. The van der Waals surface area contributed by atoms with Crippen molar-refractivity contribution in [1.29, 1.82) is 0 Å². The quantitative estimate of drug-likeness (QED) is 0.776. The summed E-state index contributed by atoms with van der Waals surface area (Å²) in [6, 6.07) is 2.06. The molecule has 1 aromatic carbocycles. The Bertz CT molecular complexity index is 729. The number of hydrogen-bond acceptors (Lipinski definition) is 4. The highest BCUT2D eigenvalue weighted by atomic mass is 32.2. The molecule has 8 heteroatoms. The van der Waals surface area contributed by atoms with E-state index >= 15 is 0 Å². The van der Waals surface area contributed by atoms with Crippen molar-refractivity contribution < 1.29 is 12.8 Å². The van der Waals surface area contributed by atoms with Crippen molar-refractivity contribution >= 4 is 10.0 Å². The number of imidazole rings is 1. The molecule has 0 bridgehead atoms. The van der Waals surface area contributed by atoms with Gasteiger partial charge in [-0.15, -0.1) is 0 Å². The average Bonchev–Trinajstić information content (AvgIpc) is 2.95. The molecule has 2 aromatic rings. The van der Waals surface area contributed by atoms with E-state index in [2.05, 4.69) is 14.7 Å². The molecule has 21 heavy (non-hydrogen) atoms. The number of hydrogen-bond donors (Lipinski definition) is 3. The Morgan fingerprint density at radius 2 is 2.19 bits per heavy atom. The van der Waals surface area contributed by atoms with E-state index in [1.54, 1.807) is 13.1 Å². The first-order chi connectivity index (χ1) is 9.85. The SMILES string of the molecule is Cc1c(F)cc(CN)cc1S(=O)(=O)NC(C)c1ncc[nH]1. The smallest absolute Gasteiger partial charge is 0.241 e. The molecule has 0 amide bonds. The fraction of sp³-hybridized carbons (Fsp3) is 0.308. The molecule has 1 aromatic heterocycles. The molecule has 1 heterocycles. The third-order valence-corrected chi connectivity index (χ3v) is 4.81. The van der Waals surface area contributed by atoms with Crippen LogP contribution in [0.15, 0.2) is 29.4 Å². The predicted octanol–water partition coefficient (Wildman–Crippen LogP) is 1.36. The van der Waals surface area contributed by atoms with Gasteiger partial charge in [-0.2, -0.15) is 0 Å². The maximum atomic E-state index is 13.8. The standard InChI is InChI=1S/C13H17FN4O2S/c1-8-11(14)5-10(7-15)6-12(8)21(19,20)18-9(2)13-16-3-4-17-13/h3-6,9,18H,7,15H2,1-2H3,(H,16,17). The van der Waals surface area contributed by atoms with Crippen LogP contribution in [0.4, 0.5) is 4.39 Å². The average molecular weight is 312 g/mol. The number of halogens is 1. The van der Waals surface area contributed by atoms with Gasteiger partial charge in [0.15, 0.2) is 0 Å². The molecule has 114 valence electrons. The number of H-pyrrole nitrogens is 1. The minimum atomic E-state index is -3.88. The van der Waals surface area contributed by atoms with Gasteiger partial charge in [-0.05, 0) is 31.5 Å². The second-order valence-corrected chi connectivity index (χ2v) is 6.40. The fourth-order valence-corrected chi connectivity index (χ4v) is 3.48. The Balaban J connectivity index is 2.38. The summed E-state index contributed by atoms with van der Waals surface area (Å²) in [4.78, 5) is 6.71. The molecule has 0 aliphatic rings. The zero-order valence-corrected chi connectivity index (χ0v) is 12.5. The van der Waals surface area contributed by atoms with E-state index in [1.807, 2.05) is 0 Å². The number of aromatic nitrogens is 2. The van der Waals surface area contributed by atoms with Crippen LogP contribution in [0.5, 0.6) is 0 Å². The number of nitrogens with two attached hydrogens (primary N) is 1. The molecule has 0 spiro atoms. The van der Waals surface area contributed by atoms with E-state index in [9.17, 15) is 12.8 Å². The third kappa shape index (κ3) is 3.29. The van der Waals surface area contributed by atoms with Gasteiger partial charge in [0, 0.05) is 24.5 Å². The molecule has 6 nitrogen and oxygen atoms in total. The number of aromatic amines is 1. The molecule has 0 aliphatic heterocycles. The fourth-order valence-electron chi connectivity index (χ4n) is 1.97. The van der Waals surface area contributed by atoms with Gasteiger partial charge in [0.05, 0.1) is 10.9 Å². The van der Waals surface area contributed by atoms with Crippen LogP contribution in [0.3, 0.4) is 0 Å². The summed E-state index contributed by atoms with van der Waals surface area (Å²) in [5.41, 5.74) is 5.94. The third-order valence-electron chi connectivity index (χ3n) is 3.14. The van der Waals surface area contributed by atoms with Crippen molar-refractivity contribution in [3.63, 3.8) is 0 Å². The van der Waals surface area contributed by atoms with Crippen molar-refractivity contribution in [2.24, 2.45) is 5.73 Å². The van der Waals surface area contributed by atoms with Crippen molar-refractivity contribution in [3.05, 3.63) is 47.3 Å². The minimum absolute atomic E-state index is 0.0614. The van der Waals surface area contributed by atoms with Gasteiger partial charge in [-0.3, -0.25) is 0 Å². The molecule has 0 fully saturated rings. The van der Waals surface area contributed by atoms with Crippen molar-refractivity contribution in [3.8, 4) is 0 Å². The number of nitrogens with zero attached hydrogens (tertiary/aromatic N) is 1. The summed E-state index contributed by atoms with van der Waals surface area (Å²) in [6.45, 7) is 3.13. The summed E-state index contributed by atoms with van der Waals surface area (Å²) < 4.78 is 41.1. The molecule has 1 unspecified atom stereocenters. The van der Waals surface area contributed by atoms with Gasteiger partial charge < -0.3 is 10.7 Å². The second kappa shape index (κ2) is 5.92. The zero-order valence-electron chi connectivity index (χ0n) is 11.7. The molecule has 4 N–H and O–H groups in total. The molecular weight excluding hydrogens is 295 g/mol. The first kappa shape index (κ1) is 15.6. The van der Waals surface area contributed by atoms with Gasteiger partial charge in [0.2, 0.25) is 10.0 Å². The van der Waals surface area contributed by atoms with E-state index in [4.69, 9.17) is 5.73 Å². The van der Waals surface area contributed by atoms with Crippen LogP contribution in [0.2, 0.25) is 0 Å². The van der Waals surface area contributed by atoms with Crippen molar-refractivity contribution in [2.75, 3.05) is 0 Å². The van der Waals surface area contributed by atoms with E-state index in [1.165, 1.54) is 25.3 Å². The van der Waals surface area contributed by atoms with Gasteiger partial charge in [0.25, 0.3) is 0 Å². The minimum Gasteiger partial charge on any atom is -0.347 e. The molecule has 1 atom stereocenters. The number of rotatable bonds is 5. The predicted molar refractivity (Wildman–Crippen MR) is 76.4 cm³/mol. The van der Waals surface area contributed by atoms with Crippen LogP contribution >= 0.6 is 0 Å². The lowest BCUT2D eigenvalue weighted by atomic mass is 10.1. The summed E-state index contributed by atoms with van der Waals surface area (Å²) in [6.07, 6.45) is 3.13. The summed E-state index contributed by atoms with van der Waals surface area (Å²) in [5.74, 6) is -0.115. The first-order valence-electron chi connectivity index (χ1n) is 6.36. The van der Waals surface area contributed by atoms with Gasteiger partial charge in [-0.1, -0.05) is 0 Å². The van der Waals surface area contributed by atoms with Gasteiger partial charge >= 0.3 is 0 Å². The highest BCUT2D eigenvalue weighted by Gasteiger charge is 2.23. The van der Waals surface area contributed by atoms with E-state index in [0.717, 1.165) is 0 Å².